The molecule has 1 heterocycles. The summed E-state index contributed by atoms with van der Waals surface area (Å²) in [6.45, 7) is 5.67. The highest BCUT2D eigenvalue weighted by atomic mass is 16.3. The molecule has 1 amide bonds. The number of hydrogen-bond donors (Lipinski definition) is 2. The third kappa shape index (κ3) is 1.63. The minimum Gasteiger partial charge on any atom is -0.469 e. The van der Waals surface area contributed by atoms with Gasteiger partial charge in [-0.3, -0.25) is 4.79 Å². The topological polar surface area (TPSA) is 62.5 Å². The van der Waals surface area contributed by atoms with Crippen LogP contribution < -0.4 is 5.32 Å². The Morgan fingerprint density at radius 2 is 2.31 bits per heavy atom. The summed E-state index contributed by atoms with van der Waals surface area (Å²) in [4.78, 5) is 11.9. The molecule has 2 atom stereocenters. The lowest BCUT2D eigenvalue weighted by atomic mass is 9.64. The smallest absolute Gasteiger partial charge is 0.255 e. The normalized spacial score (nSPS) is 27.2. The largest absolute Gasteiger partial charge is 0.469 e. The van der Waals surface area contributed by atoms with Gasteiger partial charge >= 0.3 is 0 Å². The standard InChI is InChI=1S/C12H17NO3/c1-7-8(4-5-16-7)11(15)13-9-6-10(14)12(9,2)3/h4-5,9-10,14H,6H2,1-3H3,(H,13,15). The number of aliphatic hydroxyl groups is 1. The van der Waals surface area contributed by atoms with Crippen LogP contribution in [0.5, 0.6) is 0 Å². The SMILES string of the molecule is Cc1occc1C(=O)NC1CC(O)C1(C)C. The Morgan fingerprint density at radius 3 is 2.75 bits per heavy atom. The molecule has 88 valence electrons. The summed E-state index contributed by atoms with van der Waals surface area (Å²) in [5.74, 6) is 0.492. The number of furan rings is 1. The summed E-state index contributed by atoms with van der Waals surface area (Å²) in [5, 5.41) is 12.5. The lowest BCUT2D eigenvalue weighted by Crippen LogP contribution is -2.61. The lowest BCUT2D eigenvalue weighted by Gasteiger charge is -2.49. The van der Waals surface area contributed by atoms with Crippen molar-refractivity contribution in [2.75, 3.05) is 0 Å². The maximum atomic E-state index is 11.9. The Labute approximate surface area is 94.6 Å². The molecule has 1 aromatic heterocycles. The molecule has 1 aliphatic carbocycles. The van der Waals surface area contributed by atoms with Crippen LogP contribution in [0.2, 0.25) is 0 Å². The molecule has 2 rings (SSSR count). The monoisotopic (exact) mass is 223 g/mol. The third-order valence-corrected chi connectivity index (χ3v) is 3.62. The van der Waals surface area contributed by atoms with Crippen molar-refractivity contribution in [3.63, 3.8) is 0 Å². The predicted octanol–water partition coefficient (Wildman–Crippen LogP) is 1.48. The molecule has 0 spiro atoms. The van der Waals surface area contributed by atoms with Gasteiger partial charge in [-0.15, -0.1) is 0 Å². The second-order valence-electron chi connectivity index (χ2n) is 4.99. The van der Waals surface area contributed by atoms with Gasteiger partial charge in [0, 0.05) is 11.5 Å². The first kappa shape index (κ1) is 11.2. The second-order valence-corrected chi connectivity index (χ2v) is 4.99. The third-order valence-electron chi connectivity index (χ3n) is 3.62. The van der Waals surface area contributed by atoms with E-state index >= 15 is 0 Å². The fourth-order valence-electron chi connectivity index (χ4n) is 2.00. The number of hydrogen-bond acceptors (Lipinski definition) is 3. The molecule has 0 aliphatic heterocycles. The van der Waals surface area contributed by atoms with Gasteiger partial charge in [0.1, 0.15) is 5.76 Å². The van der Waals surface area contributed by atoms with Crippen molar-refractivity contribution in [3.05, 3.63) is 23.7 Å². The lowest BCUT2D eigenvalue weighted by molar-refractivity contribution is -0.0689. The summed E-state index contributed by atoms with van der Waals surface area (Å²) >= 11 is 0. The van der Waals surface area contributed by atoms with Gasteiger partial charge in [0.2, 0.25) is 0 Å². The molecule has 1 fully saturated rings. The van der Waals surface area contributed by atoms with Crippen molar-refractivity contribution in [1.29, 1.82) is 0 Å². The van der Waals surface area contributed by atoms with E-state index in [2.05, 4.69) is 5.32 Å². The van der Waals surface area contributed by atoms with E-state index in [1.165, 1.54) is 6.26 Å². The molecular weight excluding hydrogens is 206 g/mol. The Bertz CT molecular complexity index is 408. The molecule has 1 aromatic rings. The van der Waals surface area contributed by atoms with Gasteiger partial charge in [0.05, 0.1) is 17.9 Å². The maximum absolute atomic E-state index is 11.9. The molecule has 1 aliphatic rings. The predicted molar refractivity (Wildman–Crippen MR) is 59.1 cm³/mol. The molecule has 0 aromatic carbocycles. The molecule has 2 N–H and O–H groups in total. The van der Waals surface area contributed by atoms with Crippen molar-refractivity contribution in [2.24, 2.45) is 5.41 Å². The van der Waals surface area contributed by atoms with Crippen LogP contribution in [0.25, 0.3) is 0 Å². The first-order valence-corrected chi connectivity index (χ1v) is 5.46. The average Bonchev–Trinajstić information content (AvgIpc) is 2.64. The second kappa shape index (κ2) is 3.63. The highest BCUT2D eigenvalue weighted by Crippen LogP contribution is 2.40. The summed E-state index contributed by atoms with van der Waals surface area (Å²) in [5.41, 5.74) is 0.324. The Balaban J connectivity index is 2.02. The molecule has 0 saturated heterocycles. The number of amides is 1. The van der Waals surface area contributed by atoms with Crippen LogP contribution >= 0.6 is 0 Å². The van der Waals surface area contributed by atoms with Crippen molar-refractivity contribution in [3.8, 4) is 0 Å². The zero-order chi connectivity index (χ0) is 11.9. The van der Waals surface area contributed by atoms with Crippen LogP contribution in [0.15, 0.2) is 16.7 Å². The highest BCUT2D eigenvalue weighted by Gasteiger charge is 2.48. The highest BCUT2D eigenvalue weighted by molar-refractivity contribution is 5.95. The summed E-state index contributed by atoms with van der Waals surface area (Å²) < 4.78 is 5.08. The quantitative estimate of drug-likeness (QED) is 0.798. The van der Waals surface area contributed by atoms with Gasteiger partial charge in [-0.05, 0) is 19.4 Å². The van der Waals surface area contributed by atoms with Crippen LogP contribution in [-0.4, -0.2) is 23.2 Å². The number of carbonyl (C=O) groups is 1. The Morgan fingerprint density at radius 1 is 1.62 bits per heavy atom. The molecule has 0 bridgehead atoms. The molecule has 2 unspecified atom stereocenters. The average molecular weight is 223 g/mol. The molecule has 4 heteroatoms. The van der Waals surface area contributed by atoms with Crippen molar-refractivity contribution in [2.45, 2.75) is 39.3 Å². The first-order chi connectivity index (χ1) is 7.43. The van der Waals surface area contributed by atoms with E-state index in [9.17, 15) is 9.90 Å². The first-order valence-electron chi connectivity index (χ1n) is 5.46. The number of carbonyl (C=O) groups excluding carboxylic acids is 1. The summed E-state index contributed by atoms with van der Waals surface area (Å²) in [6.07, 6.45) is 1.80. The van der Waals surface area contributed by atoms with Crippen molar-refractivity contribution >= 4 is 5.91 Å². The van der Waals surface area contributed by atoms with Crippen molar-refractivity contribution in [1.82, 2.24) is 5.32 Å². The van der Waals surface area contributed by atoms with Gasteiger partial charge in [0.25, 0.3) is 5.91 Å². The van der Waals surface area contributed by atoms with E-state index in [4.69, 9.17) is 4.42 Å². The number of aliphatic hydroxyl groups excluding tert-OH is 1. The van der Waals surface area contributed by atoms with E-state index in [1.54, 1.807) is 13.0 Å². The summed E-state index contributed by atoms with van der Waals surface area (Å²) in [6, 6.07) is 1.69. The molecule has 0 radical (unpaired) electrons. The fourth-order valence-corrected chi connectivity index (χ4v) is 2.00. The van der Waals surface area contributed by atoms with Gasteiger partial charge < -0.3 is 14.8 Å². The minimum atomic E-state index is -0.330. The minimum absolute atomic E-state index is 0.0318. The number of rotatable bonds is 2. The number of nitrogens with one attached hydrogen (secondary N) is 1. The van der Waals surface area contributed by atoms with Crippen LogP contribution in [0, 0.1) is 12.3 Å². The molecular formula is C12H17NO3. The van der Waals surface area contributed by atoms with Gasteiger partial charge in [-0.2, -0.15) is 0 Å². The Kier molecular flexibility index (Phi) is 2.54. The van der Waals surface area contributed by atoms with Gasteiger partial charge in [0.15, 0.2) is 0 Å². The van der Waals surface area contributed by atoms with Crippen molar-refractivity contribution < 1.29 is 14.3 Å². The zero-order valence-corrected chi connectivity index (χ0v) is 9.78. The summed E-state index contributed by atoms with van der Waals surface area (Å²) in [7, 11) is 0. The van der Waals surface area contributed by atoms with Crippen LogP contribution in [0.3, 0.4) is 0 Å². The molecule has 16 heavy (non-hydrogen) atoms. The molecule has 1 saturated carbocycles. The van der Waals surface area contributed by atoms with Crippen LogP contribution in [0.1, 0.15) is 36.4 Å². The zero-order valence-electron chi connectivity index (χ0n) is 9.78. The van der Waals surface area contributed by atoms with E-state index in [0.717, 1.165) is 0 Å². The van der Waals surface area contributed by atoms with E-state index in [-0.39, 0.29) is 23.5 Å². The van der Waals surface area contributed by atoms with Crippen LogP contribution in [-0.2, 0) is 0 Å². The van der Waals surface area contributed by atoms with E-state index in [1.807, 2.05) is 13.8 Å². The number of aryl methyl sites for hydroxylation is 1. The van der Waals surface area contributed by atoms with Gasteiger partial charge in [-0.1, -0.05) is 13.8 Å². The van der Waals surface area contributed by atoms with Crippen LogP contribution in [0.4, 0.5) is 0 Å². The Hall–Kier alpha value is -1.29. The van der Waals surface area contributed by atoms with Gasteiger partial charge in [-0.25, -0.2) is 0 Å². The molecule has 4 nitrogen and oxygen atoms in total. The maximum Gasteiger partial charge on any atom is 0.255 e. The van der Waals surface area contributed by atoms with E-state index < -0.39 is 0 Å². The fraction of sp³-hybridized carbons (Fsp3) is 0.583. The van der Waals surface area contributed by atoms with E-state index in [0.29, 0.717) is 17.7 Å².